The van der Waals surface area contributed by atoms with Crippen molar-refractivity contribution in [3.63, 3.8) is 0 Å². The fraction of sp³-hybridized carbons (Fsp3) is 0.300. The predicted octanol–water partition coefficient (Wildman–Crippen LogP) is 3.21. The van der Waals surface area contributed by atoms with Gasteiger partial charge in [0.1, 0.15) is 5.52 Å². The maximum Gasteiger partial charge on any atom is 0.223 e. The van der Waals surface area contributed by atoms with Crippen molar-refractivity contribution in [3.05, 3.63) is 59.5 Å². The predicted molar refractivity (Wildman–Crippen MR) is 106 cm³/mol. The number of rotatable bonds is 4. The molecule has 0 atom stereocenters. The number of anilines is 1. The summed E-state index contributed by atoms with van der Waals surface area (Å²) in [5.74, 6) is 0.144. The highest BCUT2D eigenvalue weighted by atomic mass is 35.5. The first-order chi connectivity index (χ1) is 13.2. The van der Waals surface area contributed by atoms with Gasteiger partial charge in [-0.2, -0.15) is 0 Å². The molecule has 0 bridgehead atoms. The van der Waals surface area contributed by atoms with Crippen molar-refractivity contribution in [1.29, 1.82) is 0 Å². The van der Waals surface area contributed by atoms with E-state index < -0.39 is 0 Å². The minimum atomic E-state index is 0.0358. The fourth-order valence-corrected chi connectivity index (χ4v) is 3.61. The van der Waals surface area contributed by atoms with Crippen molar-refractivity contribution in [1.82, 2.24) is 20.3 Å². The van der Waals surface area contributed by atoms with Gasteiger partial charge in [-0.15, -0.1) is 0 Å². The second-order valence-corrected chi connectivity index (χ2v) is 7.14. The highest BCUT2D eigenvalue weighted by molar-refractivity contribution is 6.30. The van der Waals surface area contributed by atoms with E-state index in [0.29, 0.717) is 17.2 Å². The standard InChI is InChI=1S/C20H20ClN5O/c21-16-3-1-2-14(10-16)12-25-20(27)15-4-8-26(9-5-15)17-11-18-19(24-13-17)23-7-6-22-18/h1-3,6-7,10-11,13,15H,4-5,8-9,12H2,(H,25,27). The van der Waals surface area contributed by atoms with Crippen LogP contribution in [0.5, 0.6) is 0 Å². The van der Waals surface area contributed by atoms with Gasteiger partial charge in [0, 0.05) is 43.0 Å². The Labute approximate surface area is 162 Å². The number of benzene rings is 1. The van der Waals surface area contributed by atoms with Crippen LogP contribution in [0.25, 0.3) is 11.2 Å². The molecule has 0 aliphatic carbocycles. The zero-order valence-electron chi connectivity index (χ0n) is 14.8. The number of hydrogen-bond acceptors (Lipinski definition) is 5. The first kappa shape index (κ1) is 17.7. The molecule has 7 heteroatoms. The summed E-state index contributed by atoms with van der Waals surface area (Å²) in [4.78, 5) is 27.6. The lowest BCUT2D eigenvalue weighted by Gasteiger charge is -2.32. The lowest BCUT2D eigenvalue weighted by atomic mass is 9.95. The van der Waals surface area contributed by atoms with E-state index in [1.165, 1.54) is 0 Å². The molecule has 0 unspecified atom stereocenters. The number of pyridine rings is 1. The summed E-state index contributed by atoms with van der Waals surface area (Å²) in [6, 6.07) is 9.57. The van der Waals surface area contributed by atoms with Gasteiger partial charge in [0.25, 0.3) is 0 Å². The average molecular weight is 382 g/mol. The monoisotopic (exact) mass is 381 g/mol. The molecule has 6 nitrogen and oxygen atoms in total. The first-order valence-corrected chi connectivity index (χ1v) is 9.41. The van der Waals surface area contributed by atoms with Gasteiger partial charge in [0.05, 0.1) is 11.9 Å². The van der Waals surface area contributed by atoms with Gasteiger partial charge in [-0.3, -0.25) is 9.78 Å². The molecule has 2 aromatic heterocycles. The van der Waals surface area contributed by atoms with Gasteiger partial charge in [0.2, 0.25) is 5.91 Å². The third-order valence-corrected chi connectivity index (χ3v) is 5.13. The van der Waals surface area contributed by atoms with Crippen LogP contribution in [0.3, 0.4) is 0 Å². The van der Waals surface area contributed by atoms with E-state index in [1.54, 1.807) is 12.4 Å². The summed E-state index contributed by atoms with van der Waals surface area (Å²) in [5, 5.41) is 3.71. The van der Waals surface area contributed by atoms with Gasteiger partial charge in [-0.25, -0.2) is 9.97 Å². The summed E-state index contributed by atoms with van der Waals surface area (Å²) >= 11 is 5.99. The van der Waals surface area contributed by atoms with Crippen LogP contribution >= 0.6 is 11.6 Å². The second-order valence-electron chi connectivity index (χ2n) is 6.70. The molecule has 1 aromatic carbocycles. The largest absolute Gasteiger partial charge is 0.370 e. The molecule has 0 spiro atoms. The van der Waals surface area contributed by atoms with Crippen LogP contribution in [0.1, 0.15) is 18.4 Å². The molecule has 1 amide bonds. The van der Waals surface area contributed by atoms with E-state index in [0.717, 1.165) is 42.7 Å². The summed E-state index contributed by atoms with van der Waals surface area (Å²) in [5.41, 5.74) is 3.48. The Morgan fingerprint density at radius 3 is 2.78 bits per heavy atom. The number of aromatic nitrogens is 3. The molecule has 138 valence electrons. The summed E-state index contributed by atoms with van der Waals surface area (Å²) in [6.07, 6.45) is 6.78. The molecule has 1 aliphatic heterocycles. The second kappa shape index (κ2) is 7.88. The maximum atomic E-state index is 12.5. The van der Waals surface area contributed by atoms with E-state index in [1.807, 2.05) is 36.5 Å². The number of piperidine rings is 1. The molecule has 1 N–H and O–H groups in total. The molecule has 1 aliphatic rings. The van der Waals surface area contributed by atoms with Gasteiger partial charge < -0.3 is 10.2 Å². The number of fused-ring (bicyclic) bond motifs is 1. The van der Waals surface area contributed by atoms with E-state index >= 15 is 0 Å². The van der Waals surface area contributed by atoms with E-state index in [9.17, 15) is 4.79 Å². The summed E-state index contributed by atoms with van der Waals surface area (Å²) in [6.45, 7) is 2.15. The SMILES string of the molecule is O=C(NCc1cccc(Cl)c1)C1CCN(c2cnc3nccnc3c2)CC1. The van der Waals surface area contributed by atoms with Crippen molar-refractivity contribution in [2.24, 2.45) is 5.92 Å². The first-order valence-electron chi connectivity index (χ1n) is 9.03. The quantitative estimate of drug-likeness (QED) is 0.751. The average Bonchev–Trinajstić information content (AvgIpc) is 2.72. The van der Waals surface area contributed by atoms with Crippen molar-refractivity contribution in [2.45, 2.75) is 19.4 Å². The Morgan fingerprint density at radius 2 is 1.96 bits per heavy atom. The number of nitrogens with zero attached hydrogens (tertiary/aromatic N) is 4. The van der Waals surface area contributed by atoms with Crippen molar-refractivity contribution < 1.29 is 4.79 Å². The number of amides is 1. The molecule has 1 saturated heterocycles. The molecule has 27 heavy (non-hydrogen) atoms. The van der Waals surface area contributed by atoms with Crippen LogP contribution < -0.4 is 10.2 Å². The minimum absolute atomic E-state index is 0.0358. The highest BCUT2D eigenvalue weighted by Crippen LogP contribution is 2.24. The number of halogens is 1. The van der Waals surface area contributed by atoms with Gasteiger partial charge in [-0.05, 0) is 36.6 Å². The summed E-state index contributed by atoms with van der Waals surface area (Å²) in [7, 11) is 0. The number of nitrogens with one attached hydrogen (secondary N) is 1. The number of hydrogen-bond donors (Lipinski definition) is 1. The summed E-state index contributed by atoms with van der Waals surface area (Å²) < 4.78 is 0. The van der Waals surface area contributed by atoms with Crippen LogP contribution in [0.2, 0.25) is 5.02 Å². The molecule has 3 heterocycles. The Morgan fingerprint density at radius 1 is 1.15 bits per heavy atom. The lowest BCUT2D eigenvalue weighted by Crippen LogP contribution is -2.40. The zero-order chi connectivity index (χ0) is 18.6. The van der Waals surface area contributed by atoms with Crippen LogP contribution in [-0.4, -0.2) is 33.9 Å². The van der Waals surface area contributed by atoms with Crippen molar-refractivity contribution in [3.8, 4) is 0 Å². The molecular weight excluding hydrogens is 362 g/mol. The highest BCUT2D eigenvalue weighted by Gasteiger charge is 2.25. The third-order valence-electron chi connectivity index (χ3n) is 4.90. The Kier molecular flexibility index (Phi) is 5.16. The van der Waals surface area contributed by atoms with Gasteiger partial charge >= 0.3 is 0 Å². The van der Waals surface area contributed by atoms with E-state index in [-0.39, 0.29) is 11.8 Å². The Bertz CT molecular complexity index is 956. The Hall–Kier alpha value is -2.73. The van der Waals surface area contributed by atoms with E-state index in [2.05, 4.69) is 25.2 Å². The molecule has 1 fully saturated rings. The minimum Gasteiger partial charge on any atom is -0.370 e. The number of carbonyl (C=O) groups excluding carboxylic acids is 1. The van der Waals surface area contributed by atoms with Crippen molar-refractivity contribution in [2.75, 3.05) is 18.0 Å². The molecule has 4 rings (SSSR count). The number of carbonyl (C=O) groups is 1. The molecule has 0 radical (unpaired) electrons. The smallest absolute Gasteiger partial charge is 0.223 e. The van der Waals surface area contributed by atoms with Crippen LogP contribution in [0.4, 0.5) is 5.69 Å². The zero-order valence-corrected chi connectivity index (χ0v) is 15.6. The Balaban J connectivity index is 1.33. The van der Waals surface area contributed by atoms with Crippen molar-refractivity contribution >= 4 is 34.4 Å². The third kappa shape index (κ3) is 4.17. The van der Waals surface area contributed by atoms with Crippen LogP contribution in [0.15, 0.2) is 48.9 Å². The van der Waals surface area contributed by atoms with Crippen LogP contribution in [-0.2, 0) is 11.3 Å². The van der Waals surface area contributed by atoms with Gasteiger partial charge in [-0.1, -0.05) is 23.7 Å². The normalized spacial score (nSPS) is 15.1. The maximum absolute atomic E-state index is 12.5. The lowest BCUT2D eigenvalue weighted by molar-refractivity contribution is -0.125. The topological polar surface area (TPSA) is 71.0 Å². The molecular formula is C20H20ClN5O. The molecule has 0 saturated carbocycles. The fourth-order valence-electron chi connectivity index (χ4n) is 3.40. The molecule has 3 aromatic rings. The van der Waals surface area contributed by atoms with Gasteiger partial charge in [0.15, 0.2) is 5.65 Å². The van der Waals surface area contributed by atoms with E-state index in [4.69, 9.17) is 11.6 Å². The van der Waals surface area contributed by atoms with Crippen LogP contribution in [0, 0.1) is 5.92 Å².